The zero-order valence-corrected chi connectivity index (χ0v) is 13.0. The molecule has 1 saturated carbocycles. The van der Waals surface area contributed by atoms with Crippen molar-refractivity contribution in [2.75, 3.05) is 20.6 Å². The quantitative estimate of drug-likeness (QED) is 0.732. The van der Waals surface area contributed by atoms with Gasteiger partial charge < -0.3 is 4.90 Å². The number of carbonyl (C=O) groups excluding carboxylic acids is 3. The highest BCUT2D eigenvalue weighted by atomic mass is 16.2. The second-order valence-electron chi connectivity index (χ2n) is 6.98. The van der Waals surface area contributed by atoms with Gasteiger partial charge in [-0.05, 0) is 18.3 Å². The molecule has 5 nitrogen and oxygen atoms in total. The number of hydrogen-bond acceptors (Lipinski definition) is 3. The van der Waals surface area contributed by atoms with Crippen molar-refractivity contribution in [3.8, 4) is 0 Å². The molecule has 2 atom stereocenters. The van der Waals surface area contributed by atoms with Crippen molar-refractivity contribution in [3.63, 3.8) is 0 Å². The highest BCUT2D eigenvalue weighted by Gasteiger charge is 2.64. The van der Waals surface area contributed by atoms with Gasteiger partial charge in [0, 0.05) is 33.0 Å². The first kappa shape index (κ1) is 15.0. The minimum Gasteiger partial charge on any atom is -0.349 e. The average molecular weight is 280 g/mol. The van der Waals surface area contributed by atoms with Crippen molar-refractivity contribution in [2.24, 2.45) is 16.7 Å². The van der Waals surface area contributed by atoms with Crippen LogP contribution >= 0.6 is 0 Å². The maximum atomic E-state index is 12.7. The summed E-state index contributed by atoms with van der Waals surface area (Å²) >= 11 is 0. The van der Waals surface area contributed by atoms with Crippen LogP contribution in [0.25, 0.3) is 0 Å². The SMILES string of the molecule is CN(C)C(=O)CCN1C(=O)C2CCC(C)(C1=O)C2(C)C. The number of imide groups is 1. The van der Waals surface area contributed by atoms with Crippen LogP contribution in [-0.4, -0.2) is 48.2 Å². The summed E-state index contributed by atoms with van der Waals surface area (Å²) in [4.78, 5) is 39.7. The molecule has 1 heterocycles. The molecule has 0 N–H and O–H groups in total. The largest absolute Gasteiger partial charge is 0.349 e. The normalized spacial score (nSPS) is 31.6. The monoisotopic (exact) mass is 280 g/mol. The Bertz CT molecular complexity index is 470. The molecule has 2 fully saturated rings. The number of likely N-dealkylation sites (tertiary alicyclic amines) is 1. The van der Waals surface area contributed by atoms with Gasteiger partial charge in [-0.1, -0.05) is 20.8 Å². The lowest BCUT2D eigenvalue weighted by Gasteiger charge is -2.47. The van der Waals surface area contributed by atoms with Gasteiger partial charge in [-0.3, -0.25) is 19.3 Å². The molecule has 112 valence electrons. The van der Waals surface area contributed by atoms with Crippen molar-refractivity contribution in [3.05, 3.63) is 0 Å². The lowest BCUT2D eigenvalue weighted by atomic mass is 9.62. The van der Waals surface area contributed by atoms with Crippen LogP contribution in [0.3, 0.4) is 0 Å². The van der Waals surface area contributed by atoms with E-state index in [4.69, 9.17) is 0 Å². The van der Waals surface area contributed by atoms with E-state index in [-0.39, 0.29) is 42.0 Å². The van der Waals surface area contributed by atoms with Crippen LogP contribution in [0.4, 0.5) is 0 Å². The van der Waals surface area contributed by atoms with E-state index in [1.165, 1.54) is 9.80 Å². The van der Waals surface area contributed by atoms with E-state index in [1.54, 1.807) is 14.1 Å². The fraction of sp³-hybridized carbons (Fsp3) is 0.800. The van der Waals surface area contributed by atoms with Crippen molar-refractivity contribution in [2.45, 2.75) is 40.0 Å². The Hall–Kier alpha value is -1.39. The van der Waals surface area contributed by atoms with E-state index in [0.29, 0.717) is 0 Å². The molecule has 0 aromatic carbocycles. The Labute approximate surface area is 120 Å². The van der Waals surface area contributed by atoms with Crippen LogP contribution in [0, 0.1) is 16.7 Å². The predicted octanol–water partition coefficient (Wildman–Crippen LogP) is 1.28. The molecule has 2 unspecified atom stereocenters. The van der Waals surface area contributed by atoms with Gasteiger partial charge in [-0.15, -0.1) is 0 Å². The second-order valence-corrected chi connectivity index (χ2v) is 6.98. The average Bonchev–Trinajstić information content (AvgIpc) is 2.54. The number of rotatable bonds is 3. The third-order valence-electron chi connectivity index (χ3n) is 5.56. The summed E-state index contributed by atoms with van der Waals surface area (Å²) < 4.78 is 0. The van der Waals surface area contributed by atoms with Crippen molar-refractivity contribution >= 4 is 17.7 Å². The lowest BCUT2D eigenvalue weighted by molar-refractivity contribution is -0.167. The molecule has 0 aromatic rings. The first-order chi connectivity index (χ1) is 9.13. The first-order valence-electron chi connectivity index (χ1n) is 7.19. The minimum absolute atomic E-state index is 0.0621. The Morgan fingerprint density at radius 1 is 1.30 bits per heavy atom. The Morgan fingerprint density at radius 2 is 1.90 bits per heavy atom. The summed E-state index contributed by atoms with van der Waals surface area (Å²) in [5.41, 5.74) is -0.768. The molecule has 5 heteroatoms. The molecule has 1 aliphatic carbocycles. The molecule has 2 bridgehead atoms. The molecule has 0 aromatic heterocycles. The summed E-state index contributed by atoms with van der Waals surface area (Å²) in [5, 5.41) is 0. The smallest absolute Gasteiger partial charge is 0.235 e. The van der Waals surface area contributed by atoms with Crippen LogP contribution in [0.2, 0.25) is 0 Å². The maximum absolute atomic E-state index is 12.7. The number of nitrogens with zero attached hydrogens (tertiary/aromatic N) is 2. The molecular weight excluding hydrogens is 256 g/mol. The highest BCUT2D eigenvalue weighted by Crippen LogP contribution is 2.59. The maximum Gasteiger partial charge on any atom is 0.235 e. The topological polar surface area (TPSA) is 57.7 Å². The fourth-order valence-corrected chi connectivity index (χ4v) is 3.54. The molecule has 20 heavy (non-hydrogen) atoms. The van der Waals surface area contributed by atoms with Crippen LogP contribution in [0.15, 0.2) is 0 Å². The second kappa shape index (κ2) is 4.57. The van der Waals surface area contributed by atoms with Gasteiger partial charge in [0.25, 0.3) is 0 Å². The third-order valence-corrected chi connectivity index (χ3v) is 5.56. The third kappa shape index (κ3) is 1.86. The van der Waals surface area contributed by atoms with Gasteiger partial charge in [-0.25, -0.2) is 0 Å². The number of carbonyl (C=O) groups is 3. The van der Waals surface area contributed by atoms with Crippen molar-refractivity contribution in [1.29, 1.82) is 0 Å². The molecule has 3 amide bonds. The standard InChI is InChI=1S/C15H24N2O3/c1-14(2)10-6-8-15(14,3)13(20)17(12(10)19)9-7-11(18)16(4)5/h10H,6-9H2,1-5H3. The van der Waals surface area contributed by atoms with Gasteiger partial charge in [0.15, 0.2) is 0 Å². The summed E-state index contributed by atoms with van der Waals surface area (Å²) in [6.07, 6.45) is 1.73. The van der Waals surface area contributed by atoms with Crippen LogP contribution in [0.1, 0.15) is 40.0 Å². The summed E-state index contributed by atoms with van der Waals surface area (Å²) in [6.45, 7) is 6.20. The predicted molar refractivity (Wildman–Crippen MR) is 74.6 cm³/mol. The van der Waals surface area contributed by atoms with Gasteiger partial charge >= 0.3 is 0 Å². The Kier molecular flexibility index (Phi) is 3.43. The Balaban J connectivity index is 2.19. The summed E-state index contributed by atoms with van der Waals surface area (Å²) in [5.74, 6) is -0.359. The number of hydrogen-bond donors (Lipinski definition) is 0. The molecular formula is C15H24N2O3. The molecule has 2 rings (SSSR count). The van der Waals surface area contributed by atoms with Crippen LogP contribution in [0.5, 0.6) is 0 Å². The van der Waals surface area contributed by atoms with E-state index in [1.807, 2.05) is 20.8 Å². The molecule has 0 radical (unpaired) electrons. The van der Waals surface area contributed by atoms with Crippen molar-refractivity contribution in [1.82, 2.24) is 9.80 Å². The Morgan fingerprint density at radius 3 is 2.45 bits per heavy atom. The van der Waals surface area contributed by atoms with Crippen LogP contribution < -0.4 is 0 Å². The summed E-state index contributed by atoms with van der Waals surface area (Å²) in [6, 6.07) is 0. The van der Waals surface area contributed by atoms with Crippen LogP contribution in [-0.2, 0) is 14.4 Å². The molecule has 0 spiro atoms. The number of fused-ring (bicyclic) bond motifs is 2. The highest BCUT2D eigenvalue weighted by molar-refractivity contribution is 6.04. The van der Waals surface area contributed by atoms with Gasteiger partial charge in [-0.2, -0.15) is 0 Å². The minimum atomic E-state index is -0.479. The van der Waals surface area contributed by atoms with E-state index >= 15 is 0 Å². The molecule has 2 aliphatic rings. The zero-order chi connectivity index (χ0) is 15.3. The fourth-order valence-electron chi connectivity index (χ4n) is 3.54. The zero-order valence-electron chi connectivity index (χ0n) is 13.0. The number of amides is 3. The van der Waals surface area contributed by atoms with E-state index < -0.39 is 5.41 Å². The van der Waals surface area contributed by atoms with Gasteiger partial charge in [0.05, 0.1) is 5.41 Å². The first-order valence-corrected chi connectivity index (χ1v) is 7.19. The van der Waals surface area contributed by atoms with E-state index in [9.17, 15) is 14.4 Å². The number of piperidine rings is 1. The lowest BCUT2D eigenvalue weighted by Crippen LogP contribution is -2.59. The van der Waals surface area contributed by atoms with Crippen molar-refractivity contribution < 1.29 is 14.4 Å². The summed E-state index contributed by atoms with van der Waals surface area (Å²) in [7, 11) is 3.35. The molecule has 1 aliphatic heterocycles. The molecule has 1 saturated heterocycles. The van der Waals surface area contributed by atoms with Gasteiger partial charge in [0.2, 0.25) is 17.7 Å². The van der Waals surface area contributed by atoms with Gasteiger partial charge in [0.1, 0.15) is 0 Å². The van der Waals surface area contributed by atoms with E-state index in [2.05, 4.69) is 0 Å². The van der Waals surface area contributed by atoms with E-state index in [0.717, 1.165) is 12.8 Å².